The molecule has 0 aliphatic rings. The zero-order valence-electron chi connectivity index (χ0n) is 14.9. The van der Waals surface area contributed by atoms with Gasteiger partial charge in [-0.15, -0.1) is 0 Å². The summed E-state index contributed by atoms with van der Waals surface area (Å²) in [5.74, 6) is -0.445. The van der Waals surface area contributed by atoms with Crippen molar-refractivity contribution in [2.75, 3.05) is 19.1 Å². The van der Waals surface area contributed by atoms with Gasteiger partial charge in [0.05, 0.1) is 11.5 Å². The number of nitro benzene ring substituents is 1. The molecule has 8 heteroatoms. The molecule has 1 rings (SSSR count). The van der Waals surface area contributed by atoms with E-state index in [-0.39, 0.29) is 30.3 Å². The van der Waals surface area contributed by atoms with Gasteiger partial charge in [-0.05, 0) is 33.3 Å². The molecule has 2 atom stereocenters. The van der Waals surface area contributed by atoms with E-state index in [0.717, 1.165) is 12.1 Å². The maximum absolute atomic E-state index is 14.4. The Morgan fingerprint density at radius 2 is 2.00 bits per heavy atom. The van der Waals surface area contributed by atoms with E-state index in [4.69, 9.17) is 11.3 Å². The Bertz CT molecular complexity index is 697. The van der Waals surface area contributed by atoms with E-state index in [1.165, 1.54) is 6.07 Å². The van der Waals surface area contributed by atoms with Gasteiger partial charge in [-0.3, -0.25) is 19.2 Å². The first-order valence-corrected chi connectivity index (χ1v) is 9.07. The first-order chi connectivity index (χ1) is 11.5. The Hall–Kier alpha value is -1.85. The van der Waals surface area contributed by atoms with Gasteiger partial charge in [-0.1, -0.05) is 6.92 Å². The third kappa shape index (κ3) is 5.87. The molecule has 0 heterocycles. The van der Waals surface area contributed by atoms with Crippen molar-refractivity contribution in [1.82, 2.24) is 0 Å². The summed E-state index contributed by atoms with van der Waals surface area (Å²) in [6.45, 7) is 14.0. The molecule has 0 saturated carbocycles. The number of non-ortho nitro benzene ring substituents is 1. The highest BCUT2D eigenvalue weighted by molar-refractivity contribution is 7.86. The summed E-state index contributed by atoms with van der Waals surface area (Å²) >= 11 is 0. The largest absolute Gasteiger partial charge is 0.318 e. The third-order valence-electron chi connectivity index (χ3n) is 3.90. The minimum absolute atomic E-state index is 0.115. The van der Waals surface area contributed by atoms with E-state index in [9.17, 15) is 18.7 Å². The summed E-state index contributed by atoms with van der Waals surface area (Å²) in [5, 5.41) is 11.0. The van der Waals surface area contributed by atoms with Crippen molar-refractivity contribution in [2.45, 2.75) is 44.3 Å². The quantitative estimate of drug-likeness (QED) is 0.302. The second-order valence-electron chi connectivity index (χ2n) is 7.03. The molecular formula is C17H23FN2O4S. The van der Waals surface area contributed by atoms with Gasteiger partial charge < -0.3 is 4.74 Å². The van der Waals surface area contributed by atoms with Crippen LogP contribution in [0.15, 0.2) is 18.2 Å². The van der Waals surface area contributed by atoms with Gasteiger partial charge in [-0.25, -0.2) is 11.0 Å². The normalized spacial score (nSPS) is 15.2. The van der Waals surface area contributed by atoms with E-state index in [1.54, 1.807) is 6.92 Å². The lowest BCUT2D eigenvalue weighted by atomic mass is 9.81. The van der Waals surface area contributed by atoms with Gasteiger partial charge >= 0.3 is 6.73 Å². The fourth-order valence-corrected chi connectivity index (χ4v) is 3.60. The van der Waals surface area contributed by atoms with Crippen molar-refractivity contribution < 1.29 is 18.3 Å². The van der Waals surface area contributed by atoms with Gasteiger partial charge in [0.25, 0.3) is 5.69 Å². The van der Waals surface area contributed by atoms with Crippen LogP contribution in [0, 0.1) is 22.5 Å². The number of ether oxygens (including phenoxy) is 1. The number of hydrogen-bond donors (Lipinski definition) is 0. The van der Waals surface area contributed by atoms with Crippen LogP contribution >= 0.6 is 0 Å². The molecule has 0 unspecified atom stereocenters. The second kappa shape index (κ2) is 8.50. The monoisotopic (exact) mass is 370 g/mol. The number of nitro groups is 1. The minimum atomic E-state index is -1.29. The molecule has 0 saturated heterocycles. The second-order valence-corrected chi connectivity index (χ2v) is 9.23. The van der Waals surface area contributed by atoms with E-state index < -0.39 is 31.7 Å². The van der Waals surface area contributed by atoms with E-state index in [1.807, 2.05) is 20.8 Å². The molecular weight excluding hydrogens is 347 g/mol. The molecule has 0 aliphatic heterocycles. The lowest BCUT2D eigenvalue weighted by Crippen LogP contribution is -2.37. The molecule has 1 aromatic rings. The van der Waals surface area contributed by atoms with E-state index >= 15 is 0 Å². The Morgan fingerprint density at radius 1 is 1.36 bits per heavy atom. The number of halogens is 1. The number of rotatable bonds is 8. The maximum Gasteiger partial charge on any atom is 0.318 e. The fraction of sp³-hybridized carbons (Fsp3) is 0.588. The summed E-state index contributed by atoms with van der Waals surface area (Å²) < 4.78 is 31.7. The fourth-order valence-electron chi connectivity index (χ4n) is 2.29. The first kappa shape index (κ1) is 21.2. The van der Waals surface area contributed by atoms with E-state index in [0.29, 0.717) is 6.42 Å². The van der Waals surface area contributed by atoms with Crippen molar-refractivity contribution in [3.05, 3.63) is 51.1 Å². The molecule has 0 aromatic heterocycles. The topological polar surface area (TPSA) is 73.8 Å². The Labute approximate surface area is 149 Å². The average Bonchev–Trinajstić information content (AvgIpc) is 2.50. The van der Waals surface area contributed by atoms with Gasteiger partial charge in [0.1, 0.15) is 5.82 Å². The third-order valence-corrected chi connectivity index (χ3v) is 6.16. The molecule has 0 amide bonds. The minimum Gasteiger partial charge on any atom is -0.313 e. The van der Waals surface area contributed by atoms with Crippen molar-refractivity contribution in [1.29, 1.82) is 0 Å². The van der Waals surface area contributed by atoms with Crippen molar-refractivity contribution >= 4 is 16.5 Å². The van der Waals surface area contributed by atoms with Gasteiger partial charge in [0.2, 0.25) is 0 Å². The van der Waals surface area contributed by atoms with Crippen LogP contribution in [-0.2, 0) is 21.0 Å². The average molecular weight is 370 g/mol. The summed E-state index contributed by atoms with van der Waals surface area (Å²) in [6, 6.07) is 3.37. The van der Waals surface area contributed by atoms with Crippen LogP contribution in [0.5, 0.6) is 0 Å². The molecule has 0 aliphatic carbocycles. The van der Waals surface area contributed by atoms with Gasteiger partial charge in [0.15, 0.2) is 0 Å². The lowest BCUT2D eigenvalue weighted by Gasteiger charge is -2.32. The Morgan fingerprint density at radius 3 is 2.52 bits per heavy atom. The molecule has 0 spiro atoms. The summed E-state index contributed by atoms with van der Waals surface area (Å²) in [5.41, 5.74) is -0.993. The Balaban J connectivity index is 3.26. The highest BCUT2D eigenvalue weighted by Gasteiger charge is 2.36. The highest BCUT2D eigenvalue weighted by atomic mass is 32.2. The molecule has 1 aromatic carbocycles. The van der Waals surface area contributed by atoms with Crippen molar-refractivity contribution in [3.63, 3.8) is 0 Å². The molecule has 0 bridgehead atoms. The maximum atomic E-state index is 14.4. The van der Waals surface area contributed by atoms with Crippen LogP contribution in [-0.4, -0.2) is 33.0 Å². The molecule has 0 radical (unpaired) electrons. The predicted octanol–water partition coefficient (Wildman–Crippen LogP) is 3.82. The van der Waals surface area contributed by atoms with Gasteiger partial charge in [-0.2, -0.15) is 0 Å². The van der Waals surface area contributed by atoms with E-state index in [2.05, 4.69) is 4.85 Å². The predicted molar refractivity (Wildman–Crippen MR) is 95.2 cm³/mol. The van der Waals surface area contributed by atoms with Crippen LogP contribution in [0.1, 0.15) is 39.7 Å². The van der Waals surface area contributed by atoms with Crippen LogP contribution in [0.25, 0.3) is 4.85 Å². The lowest BCUT2D eigenvalue weighted by molar-refractivity contribution is -0.385. The zero-order valence-corrected chi connectivity index (χ0v) is 15.7. The SMILES string of the molecule is [C-]#[N+]COCC[C@](C)(C[S@@](=O)C(C)(C)C)c1cc([N+](=O)[O-])ccc1F. The van der Waals surface area contributed by atoms with Crippen LogP contribution in [0.4, 0.5) is 10.1 Å². The molecule has 0 N–H and O–H groups in total. The summed E-state index contributed by atoms with van der Waals surface area (Å²) in [4.78, 5) is 13.5. The van der Waals surface area contributed by atoms with Crippen molar-refractivity contribution in [2.24, 2.45) is 0 Å². The van der Waals surface area contributed by atoms with Crippen LogP contribution in [0.3, 0.4) is 0 Å². The highest BCUT2D eigenvalue weighted by Crippen LogP contribution is 2.35. The molecule has 138 valence electrons. The smallest absolute Gasteiger partial charge is 0.313 e. The zero-order chi connectivity index (χ0) is 19.3. The van der Waals surface area contributed by atoms with Gasteiger partial charge in [0, 0.05) is 44.4 Å². The molecule has 25 heavy (non-hydrogen) atoms. The first-order valence-electron chi connectivity index (χ1n) is 7.75. The standard InChI is InChI=1S/C17H23FN2O4S/c1-16(2,3)25(23)11-17(4,8-9-24-12-19-5)14-10-13(20(21)22)6-7-15(14)18/h6-7,10H,8-9,11-12H2,1-4H3/t17-,25-/m1/s1. The number of benzene rings is 1. The number of hydrogen-bond acceptors (Lipinski definition) is 4. The van der Waals surface area contributed by atoms with Crippen LogP contribution < -0.4 is 0 Å². The summed E-state index contributed by atoms with van der Waals surface area (Å²) in [7, 11) is -1.29. The molecule has 0 fully saturated rings. The van der Waals surface area contributed by atoms with Crippen molar-refractivity contribution in [3.8, 4) is 0 Å². The van der Waals surface area contributed by atoms with Crippen LogP contribution in [0.2, 0.25) is 0 Å². The summed E-state index contributed by atoms with van der Waals surface area (Å²) in [6.07, 6.45) is 0.294. The molecule has 6 nitrogen and oxygen atoms in total. The number of nitrogens with zero attached hydrogens (tertiary/aromatic N) is 2. The Kier molecular flexibility index (Phi) is 7.20.